The molecule has 5 nitrogen and oxygen atoms in total. The maximum atomic E-state index is 6.06. The molecule has 0 aliphatic carbocycles. The van der Waals surface area contributed by atoms with Crippen LogP contribution in [0.1, 0.15) is 18.5 Å². The Morgan fingerprint density at radius 1 is 1.12 bits per heavy atom. The molecule has 1 saturated heterocycles. The number of fused-ring (bicyclic) bond motifs is 1. The Labute approximate surface area is 155 Å². The van der Waals surface area contributed by atoms with Crippen LogP contribution < -0.4 is 5.73 Å². The number of likely N-dealkylation sites (tertiary alicyclic amines) is 1. The second kappa shape index (κ2) is 7.09. The minimum atomic E-state index is 0.612. The normalized spacial score (nSPS) is 16.6. The van der Waals surface area contributed by atoms with Gasteiger partial charge in [-0.2, -0.15) is 0 Å². The molecule has 1 aliphatic rings. The van der Waals surface area contributed by atoms with Gasteiger partial charge in [0.2, 0.25) is 0 Å². The first kappa shape index (κ1) is 17.1. The average Bonchev–Trinajstić information content (AvgIpc) is 3.01. The summed E-state index contributed by atoms with van der Waals surface area (Å²) in [5, 5.41) is 0. The van der Waals surface area contributed by atoms with Gasteiger partial charge in [-0.15, -0.1) is 0 Å². The van der Waals surface area contributed by atoms with E-state index in [4.69, 9.17) is 10.7 Å². The first-order valence-electron chi connectivity index (χ1n) is 9.32. The molecule has 3 heterocycles. The molecule has 4 rings (SSSR count). The highest BCUT2D eigenvalue weighted by Crippen LogP contribution is 2.27. The Balaban J connectivity index is 1.71. The van der Waals surface area contributed by atoms with Crippen LogP contribution in [0.3, 0.4) is 0 Å². The number of anilines is 1. The van der Waals surface area contributed by atoms with Gasteiger partial charge >= 0.3 is 0 Å². The number of imidazole rings is 1. The number of nitrogen functional groups attached to an aromatic ring is 1. The zero-order chi connectivity index (χ0) is 18.1. The van der Waals surface area contributed by atoms with Gasteiger partial charge in [-0.1, -0.05) is 30.3 Å². The standard InChI is InChI=1S/C21H27N5/c1-24-12-10-18(11-13-24)25(2)15-19-21(16-6-4-3-5-7-16)23-20-9-8-17(22)14-26(19)20/h3-9,14,18H,10-13,15,22H2,1-2H3. The number of benzene rings is 1. The number of rotatable bonds is 4. The van der Waals surface area contributed by atoms with Crippen LogP contribution in [0.2, 0.25) is 0 Å². The van der Waals surface area contributed by atoms with Crippen molar-refractivity contribution in [2.75, 3.05) is 32.9 Å². The molecule has 0 atom stereocenters. The Kier molecular flexibility index (Phi) is 4.66. The monoisotopic (exact) mass is 349 g/mol. The maximum Gasteiger partial charge on any atom is 0.137 e. The highest BCUT2D eigenvalue weighted by molar-refractivity contribution is 5.67. The van der Waals surface area contributed by atoms with Gasteiger partial charge in [0.1, 0.15) is 5.65 Å². The Morgan fingerprint density at radius 3 is 2.58 bits per heavy atom. The van der Waals surface area contributed by atoms with Gasteiger partial charge in [0.25, 0.3) is 0 Å². The van der Waals surface area contributed by atoms with E-state index in [2.05, 4.69) is 52.6 Å². The summed E-state index contributed by atoms with van der Waals surface area (Å²) in [5.74, 6) is 0. The molecule has 2 aromatic heterocycles. The molecule has 0 spiro atoms. The van der Waals surface area contributed by atoms with Crippen molar-refractivity contribution in [1.29, 1.82) is 0 Å². The van der Waals surface area contributed by atoms with E-state index < -0.39 is 0 Å². The van der Waals surface area contributed by atoms with Crippen LogP contribution in [0, 0.1) is 0 Å². The zero-order valence-corrected chi connectivity index (χ0v) is 15.6. The van der Waals surface area contributed by atoms with Gasteiger partial charge < -0.3 is 15.0 Å². The molecule has 1 aromatic carbocycles. The van der Waals surface area contributed by atoms with Gasteiger partial charge in [0.15, 0.2) is 0 Å². The van der Waals surface area contributed by atoms with Crippen molar-refractivity contribution in [3.8, 4) is 11.3 Å². The summed E-state index contributed by atoms with van der Waals surface area (Å²) < 4.78 is 2.16. The van der Waals surface area contributed by atoms with Crippen molar-refractivity contribution < 1.29 is 0 Å². The summed E-state index contributed by atoms with van der Waals surface area (Å²) in [6.45, 7) is 3.20. The van der Waals surface area contributed by atoms with E-state index in [9.17, 15) is 0 Å². The van der Waals surface area contributed by atoms with E-state index in [0.29, 0.717) is 6.04 Å². The van der Waals surface area contributed by atoms with E-state index in [-0.39, 0.29) is 0 Å². The molecule has 26 heavy (non-hydrogen) atoms. The minimum absolute atomic E-state index is 0.612. The molecular weight excluding hydrogens is 322 g/mol. The number of nitrogens with two attached hydrogens (primary N) is 1. The van der Waals surface area contributed by atoms with Crippen LogP contribution in [-0.2, 0) is 6.54 Å². The van der Waals surface area contributed by atoms with Gasteiger partial charge in [-0.25, -0.2) is 4.98 Å². The average molecular weight is 349 g/mol. The topological polar surface area (TPSA) is 49.8 Å². The molecule has 3 aromatic rings. The highest BCUT2D eigenvalue weighted by atomic mass is 15.2. The predicted molar refractivity (Wildman–Crippen MR) is 107 cm³/mol. The molecule has 0 bridgehead atoms. The number of nitrogens with zero attached hydrogens (tertiary/aromatic N) is 4. The largest absolute Gasteiger partial charge is 0.398 e. The van der Waals surface area contributed by atoms with Crippen molar-refractivity contribution in [2.45, 2.75) is 25.4 Å². The highest BCUT2D eigenvalue weighted by Gasteiger charge is 2.23. The van der Waals surface area contributed by atoms with E-state index in [1.165, 1.54) is 31.6 Å². The zero-order valence-electron chi connectivity index (χ0n) is 15.6. The van der Waals surface area contributed by atoms with Crippen LogP contribution in [0.15, 0.2) is 48.7 Å². The second-order valence-electron chi connectivity index (χ2n) is 7.41. The van der Waals surface area contributed by atoms with Crippen LogP contribution >= 0.6 is 0 Å². The fraction of sp³-hybridized carbons (Fsp3) is 0.381. The summed E-state index contributed by atoms with van der Waals surface area (Å²) in [7, 11) is 4.44. The molecule has 0 unspecified atom stereocenters. The molecule has 1 fully saturated rings. The molecule has 0 saturated carbocycles. The summed E-state index contributed by atoms with van der Waals surface area (Å²) in [5.41, 5.74) is 11.2. The van der Waals surface area contributed by atoms with Gasteiger partial charge in [0.05, 0.1) is 11.4 Å². The first-order valence-corrected chi connectivity index (χ1v) is 9.32. The van der Waals surface area contributed by atoms with E-state index in [1.54, 1.807) is 0 Å². The quantitative estimate of drug-likeness (QED) is 0.786. The maximum absolute atomic E-state index is 6.06. The number of hydrogen-bond acceptors (Lipinski definition) is 4. The summed E-state index contributed by atoms with van der Waals surface area (Å²) >= 11 is 0. The third kappa shape index (κ3) is 3.32. The minimum Gasteiger partial charge on any atom is -0.398 e. The summed E-state index contributed by atoms with van der Waals surface area (Å²) in [6.07, 6.45) is 4.42. The lowest BCUT2D eigenvalue weighted by Crippen LogP contribution is -2.41. The molecule has 0 radical (unpaired) electrons. The van der Waals surface area contributed by atoms with Crippen molar-refractivity contribution in [2.24, 2.45) is 0 Å². The fourth-order valence-corrected chi connectivity index (χ4v) is 3.89. The van der Waals surface area contributed by atoms with Crippen molar-refractivity contribution in [3.63, 3.8) is 0 Å². The van der Waals surface area contributed by atoms with Crippen molar-refractivity contribution >= 4 is 11.3 Å². The second-order valence-corrected chi connectivity index (χ2v) is 7.41. The van der Waals surface area contributed by atoms with Crippen LogP contribution in [0.5, 0.6) is 0 Å². The van der Waals surface area contributed by atoms with Crippen LogP contribution in [-0.4, -0.2) is 52.4 Å². The predicted octanol–water partition coefficient (Wildman–Crippen LogP) is 3.11. The lowest BCUT2D eigenvalue weighted by atomic mass is 10.0. The third-order valence-corrected chi connectivity index (χ3v) is 5.50. The van der Waals surface area contributed by atoms with Crippen molar-refractivity contribution in [1.82, 2.24) is 19.2 Å². The Hall–Kier alpha value is -2.37. The number of pyridine rings is 1. The van der Waals surface area contributed by atoms with Crippen molar-refractivity contribution in [3.05, 3.63) is 54.4 Å². The molecule has 5 heteroatoms. The smallest absolute Gasteiger partial charge is 0.137 e. The van der Waals surface area contributed by atoms with E-state index in [1.807, 2.05) is 24.4 Å². The Morgan fingerprint density at radius 2 is 1.85 bits per heavy atom. The lowest BCUT2D eigenvalue weighted by molar-refractivity contribution is 0.138. The summed E-state index contributed by atoms with van der Waals surface area (Å²) in [6, 6.07) is 15.0. The number of hydrogen-bond donors (Lipinski definition) is 1. The molecule has 1 aliphatic heterocycles. The van der Waals surface area contributed by atoms with E-state index in [0.717, 1.165) is 29.1 Å². The van der Waals surface area contributed by atoms with Gasteiger partial charge in [-0.3, -0.25) is 4.90 Å². The lowest BCUT2D eigenvalue weighted by Gasteiger charge is -2.35. The van der Waals surface area contributed by atoms with Gasteiger partial charge in [-0.05, 0) is 52.2 Å². The molecule has 2 N–H and O–H groups in total. The van der Waals surface area contributed by atoms with E-state index >= 15 is 0 Å². The van der Waals surface area contributed by atoms with Crippen LogP contribution in [0.4, 0.5) is 5.69 Å². The summed E-state index contributed by atoms with van der Waals surface area (Å²) in [4.78, 5) is 9.80. The number of aromatic nitrogens is 2. The third-order valence-electron chi connectivity index (χ3n) is 5.50. The number of piperidine rings is 1. The molecule has 136 valence electrons. The Bertz CT molecular complexity index is 878. The molecule has 0 amide bonds. The SMILES string of the molecule is CN1CCC(N(C)Cc2c(-c3ccccc3)nc3ccc(N)cn23)CC1. The molecular formula is C21H27N5. The van der Waals surface area contributed by atoms with Gasteiger partial charge in [0, 0.05) is 30.0 Å². The first-order chi connectivity index (χ1) is 12.6. The van der Waals surface area contributed by atoms with Crippen LogP contribution in [0.25, 0.3) is 16.9 Å². The fourth-order valence-electron chi connectivity index (χ4n) is 3.89.